The molecule has 0 aliphatic carbocycles. The van der Waals surface area contributed by atoms with E-state index in [2.05, 4.69) is 0 Å². The van der Waals surface area contributed by atoms with Gasteiger partial charge in [-0.3, -0.25) is 4.79 Å². The van der Waals surface area contributed by atoms with Crippen LogP contribution in [0, 0.1) is 0 Å². The van der Waals surface area contributed by atoms with E-state index in [-0.39, 0.29) is 12.5 Å². The molecule has 0 radical (unpaired) electrons. The summed E-state index contributed by atoms with van der Waals surface area (Å²) in [7, 11) is 0. The van der Waals surface area contributed by atoms with Crippen LogP contribution >= 0.6 is 0 Å². The lowest BCUT2D eigenvalue weighted by Gasteiger charge is -2.14. The number of carbonyl (C=O) groups excluding carboxylic acids is 1. The zero-order valence-corrected chi connectivity index (χ0v) is 9.41. The summed E-state index contributed by atoms with van der Waals surface area (Å²) in [5.74, 6) is 0.388. The van der Waals surface area contributed by atoms with Gasteiger partial charge in [-0.15, -0.1) is 0 Å². The molecule has 0 saturated carbocycles. The molecule has 5 nitrogen and oxygen atoms in total. The van der Waals surface area contributed by atoms with Crippen molar-refractivity contribution in [2.45, 2.75) is 12.5 Å². The van der Waals surface area contributed by atoms with Crippen molar-refractivity contribution in [1.29, 1.82) is 0 Å². The van der Waals surface area contributed by atoms with E-state index in [1.807, 2.05) is 18.2 Å². The highest BCUT2D eigenvalue weighted by molar-refractivity contribution is 5.77. The first kappa shape index (κ1) is 11.9. The Kier molecular flexibility index (Phi) is 3.95. The number of aliphatic hydroxyl groups excluding tert-OH is 1. The van der Waals surface area contributed by atoms with E-state index in [0.29, 0.717) is 25.3 Å². The first-order valence-corrected chi connectivity index (χ1v) is 5.56. The molecule has 1 saturated heterocycles. The van der Waals surface area contributed by atoms with E-state index in [1.54, 1.807) is 17.0 Å². The molecule has 0 unspecified atom stereocenters. The minimum absolute atomic E-state index is 0.137. The third kappa shape index (κ3) is 3.44. The molecule has 1 heterocycles. The summed E-state index contributed by atoms with van der Waals surface area (Å²) in [6, 6.07) is 8.98. The number of benzene rings is 1. The average molecular weight is 237 g/mol. The van der Waals surface area contributed by atoms with Gasteiger partial charge in [-0.05, 0) is 18.6 Å². The number of amides is 1. The Hall–Kier alpha value is -1.59. The Balaban J connectivity index is 1.70. The number of hydrogen-bond acceptors (Lipinski definition) is 4. The molecular formula is C12H15NO4. The Morgan fingerprint density at radius 1 is 1.41 bits per heavy atom. The molecule has 1 fully saturated rings. The van der Waals surface area contributed by atoms with Gasteiger partial charge in [0.25, 0.3) is 5.91 Å². The zero-order valence-electron chi connectivity index (χ0n) is 9.41. The van der Waals surface area contributed by atoms with Gasteiger partial charge in [-0.2, -0.15) is 4.89 Å². The molecule has 1 aromatic carbocycles. The quantitative estimate of drug-likeness (QED) is 0.615. The molecule has 0 bridgehead atoms. The number of hydrogen-bond donors (Lipinski definition) is 1. The first-order valence-electron chi connectivity index (χ1n) is 5.56. The number of likely N-dealkylation sites (tertiary alicyclic amines) is 1. The lowest BCUT2D eigenvalue weighted by Crippen LogP contribution is -2.33. The largest absolute Gasteiger partial charge is 0.391 e. The van der Waals surface area contributed by atoms with E-state index in [1.165, 1.54) is 0 Å². The van der Waals surface area contributed by atoms with Crippen LogP contribution in [0.5, 0.6) is 5.75 Å². The van der Waals surface area contributed by atoms with Gasteiger partial charge in [0.15, 0.2) is 12.4 Å². The van der Waals surface area contributed by atoms with Crippen molar-refractivity contribution in [2.24, 2.45) is 0 Å². The second kappa shape index (κ2) is 5.65. The minimum atomic E-state index is -0.408. The van der Waals surface area contributed by atoms with Crippen molar-refractivity contribution in [2.75, 3.05) is 19.7 Å². The number of nitrogens with zero attached hydrogens (tertiary/aromatic N) is 1. The number of β-amino-alcohol motifs (C(OH)–C–C–N with tert-alkyl or cyclic N) is 1. The highest BCUT2D eigenvalue weighted by Crippen LogP contribution is 2.10. The summed E-state index contributed by atoms with van der Waals surface area (Å²) < 4.78 is 0. The maximum atomic E-state index is 11.6. The predicted octanol–water partition coefficient (Wildman–Crippen LogP) is 0.590. The van der Waals surface area contributed by atoms with E-state index in [0.717, 1.165) is 0 Å². The fourth-order valence-corrected chi connectivity index (χ4v) is 1.68. The fraction of sp³-hybridized carbons (Fsp3) is 0.417. The van der Waals surface area contributed by atoms with Gasteiger partial charge in [-0.25, -0.2) is 0 Å². The molecule has 1 aliphatic rings. The lowest BCUT2D eigenvalue weighted by atomic mass is 10.3. The van der Waals surface area contributed by atoms with Crippen LogP contribution in [-0.2, 0) is 9.68 Å². The number of rotatable bonds is 4. The molecule has 1 N–H and O–H groups in total. The number of para-hydroxylation sites is 1. The summed E-state index contributed by atoms with van der Waals surface area (Å²) in [5, 5.41) is 9.29. The van der Waals surface area contributed by atoms with Crippen LogP contribution in [0.3, 0.4) is 0 Å². The van der Waals surface area contributed by atoms with Gasteiger partial charge in [0.2, 0.25) is 0 Å². The maximum Gasteiger partial charge on any atom is 0.253 e. The summed E-state index contributed by atoms with van der Waals surface area (Å²) in [4.78, 5) is 23.0. The first-order chi connectivity index (χ1) is 8.25. The monoisotopic (exact) mass is 237 g/mol. The second-order valence-electron chi connectivity index (χ2n) is 3.94. The molecule has 17 heavy (non-hydrogen) atoms. The fourth-order valence-electron chi connectivity index (χ4n) is 1.68. The third-order valence-corrected chi connectivity index (χ3v) is 2.60. The number of carbonyl (C=O) groups is 1. The van der Waals surface area contributed by atoms with Crippen LogP contribution in [0.15, 0.2) is 30.3 Å². The van der Waals surface area contributed by atoms with Crippen LogP contribution in [0.1, 0.15) is 6.42 Å². The van der Waals surface area contributed by atoms with Crippen molar-refractivity contribution < 1.29 is 19.7 Å². The van der Waals surface area contributed by atoms with Gasteiger partial charge < -0.3 is 14.9 Å². The minimum Gasteiger partial charge on any atom is -0.391 e. The zero-order chi connectivity index (χ0) is 12.1. The Bertz CT molecular complexity index is 368. The van der Waals surface area contributed by atoms with Crippen LogP contribution in [0.2, 0.25) is 0 Å². The lowest BCUT2D eigenvalue weighted by molar-refractivity contribution is -0.210. The van der Waals surface area contributed by atoms with Crippen molar-refractivity contribution in [1.82, 2.24) is 4.90 Å². The molecule has 2 rings (SSSR count). The molecule has 0 aromatic heterocycles. The molecule has 5 heteroatoms. The Morgan fingerprint density at radius 2 is 2.18 bits per heavy atom. The molecule has 1 amide bonds. The van der Waals surface area contributed by atoms with Crippen LogP contribution in [0.25, 0.3) is 0 Å². The van der Waals surface area contributed by atoms with E-state index < -0.39 is 6.10 Å². The van der Waals surface area contributed by atoms with E-state index in [9.17, 15) is 9.90 Å². The number of aliphatic hydroxyl groups is 1. The molecule has 0 spiro atoms. The maximum absolute atomic E-state index is 11.6. The smallest absolute Gasteiger partial charge is 0.253 e. The predicted molar refractivity (Wildman–Crippen MR) is 60.2 cm³/mol. The standard InChI is InChI=1S/C12H15NO4/c14-10-6-7-13(8-10)12(15)9-16-17-11-4-2-1-3-5-11/h1-5,10,14H,6-9H2/t10-/m0/s1. The summed E-state index contributed by atoms with van der Waals surface area (Å²) in [6.45, 7) is 0.823. The van der Waals surface area contributed by atoms with Gasteiger partial charge in [-0.1, -0.05) is 18.2 Å². The molecule has 92 valence electrons. The van der Waals surface area contributed by atoms with Gasteiger partial charge in [0.05, 0.1) is 6.10 Å². The summed E-state index contributed by atoms with van der Waals surface area (Å²) >= 11 is 0. The average Bonchev–Trinajstić information content (AvgIpc) is 2.77. The van der Waals surface area contributed by atoms with Gasteiger partial charge in [0, 0.05) is 13.1 Å². The summed E-state index contributed by atoms with van der Waals surface area (Å²) in [6.07, 6.45) is 0.222. The Morgan fingerprint density at radius 3 is 2.82 bits per heavy atom. The van der Waals surface area contributed by atoms with E-state index >= 15 is 0 Å². The normalized spacial score (nSPS) is 19.4. The topological polar surface area (TPSA) is 59.0 Å². The van der Waals surface area contributed by atoms with Crippen LogP contribution in [-0.4, -0.2) is 41.7 Å². The SMILES string of the molecule is O=C(COOc1ccccc1)N1CC[C@H](O)C1. The van der Waals surface area contributed by atoms with Crippen molar-refractivity contribution >= 4 is 5.91 Å². The van der Waals surface area contributed by atoms with Crippen molar-refractivity contribution in [3.8, 4) is 5.75 Å². The highest BCUT2D eigenvalue weighted by atomic mass is 17.2. The molecule has 1 atom stereocenters. The van der Waals surface area contributed by atoms with Crippen LogP contribution < -0.4 is 4.89 Å². The van der Waals surface area contributed by atoms with Crippen molar-refractivity contribution in [3.05, 3.63) is 30.3 Å². The molecule has 1 aromatic rings. The van der Waals surface area contributed by atoms with Crippen LogP contribution in [0.4, 0.5) is 0 Å². The molecular weight excluding hydrogens is 222 g/mol. The van der Waals surface area contributed by atoms with Gasteiger partial charge >= 0.3 is 0 Å². The molecule has 1 aliphatic heterocycles. The third-order valence-electron chi connectivity index (χ3n) is 2.60. The Labute approximate surface area is 99.5 Å². The second-order valence-corrected chi connectivity index (χ2v) is 3.94. The van der Waals surface area contributed by atoms with Crippen molar-refractivity contribution in [3.63, 3.8) is 0 Å². The van der Waals surface area contributed by atoms with E-state index in [4.69, 9.17) is 9.78 Å². The van der Waals surface area contributed by atoms with Gasteiger partial charge in [0.1, 0.15) is 0 Å². The highest BCUT2D eigenvalue weighted by Gasteiger charge is 2.24. The summed E-state index contributed by atoms with van der Waals surface area (Å²) in [5.41, 5.74) is 0.